The van der Waals surface area contributed by atoms with Crippen LogP contribution in [0.4, 0.5) is 14.7 Å². The van der Waals surface area contributed by atoms with Crippen molar-refractivity contribution in [3.05, 3.63) is 46.2 Å². The third-order valence-electron chi connectivity index (χ3n) is 3.28. The Hall–Kier alpha value is -2.44. The van der Waals surface area contributed by atoms with E-state index < -0.39 is 15.8 Å². The van der Waals surface area contributed by atoms with Crippen LogP contribution in [0.1, 0.15) is 17.1 Å². The van der Waals surface area contributed by atoms with E-state index in [0.717, 1.165) is 28.5 Å². The van der Waals surface area contributed by atoms with Crippen LogP contribution in [0, 0.1) is 12.7 Å². The van der Waals surface area contributed by atoms with Gasteiger partial charge in [0.05, 0.1) is 10.6 Å². The molecular weight excluding hydrogens is 413 g/mol. The summed E-state index contributed by atoms with van der Waals surface area (Å²) in [5.74, 6) is -0.750. The van der Waals surface area contributed by atoms with Crippen molar-refractivity contribution in [2.24, 2.45) is 0 Å². The number of rotatable bonds is 7. The molecule has 0 saturated heterocycles. The molecule has 0 unspecified atom stereocenters. The van der Waals surface area contributed by atoms with Crippen LogP contribution in [0.3, 0.4) is 0 Å². The first kappa shape index (κ1) is 19.3. The number of sulfonamides is 1. The van der Waals surface area contributed by atoms with Gasteiger partial charge in [-0.15, -0.1) is 21.5 Å². The summed E-state index contributed by atoms with van der Waals surface area (Å²) >= 11 is 2.38. The number of nitrogens with zero attached hydrogens (tertiary/aromatic N) is 3. The summed E-state index contributed by atoms with van der Waals surface area (Å²) in [5, 5.41) is 13.3. The van der Waals surface area contributed by atoms with Gasteiger partial charge in [0.1, 0.15) is 10.8 Å². The van der Waals surface area contributed by atoms with Gasteiger partial charge < -0.3 is 5.32 Å². The number of benzene rings is 1. The molecule has 0 aliphatic carbocycles. The summed E-state index contributed by atoms with van der Waals surface area (Å²) in [5.41, 5.74) is 0.584. The van der Waals surface area contributed by atoms with Gasteiger partial charge in [0.2, 0.25) is 11.0 Å². The van der Waals surface area contributed by atoms with Crippen LogP contribution in [-0.2, 0) is 21.2 Å². The van der Waals surface area contributed by atoms with Gasteiger partial charge in [-0.05, 0) is 37.6 Å². The third kappa shape index (κ3) is 5.28. The fourth-order valence-electron chi connectivity index (χ4n) is 2.03. The quantitative estimate of drug-likeness (QED) is 0.599. The van der Waals surface area contributed by atoms with Gasteiger partial charge in [0.15, 0.2) is 5.13 Å². The Kier molecular flexibility index (Phi) is 5.77. The lowest BCUT2D eigenvalue weighted by atomic mass is 10.2. The predicted octanol–water partition coefficient (Wildman–Crippen LogP) is 2.81. The minimum absolute atomic E-state index is 0.0626. The maximum Gasteiger partial charge on any atom is 0.263 e. The molecule has 2 N–H and O–H groups in total. The van der Waals surface area contributed by atoms with Gasteiger partial charge in [-0.1, -0.05) is 11.3 Å². The first-order valence-electron chi connectivity index (χ1n) is 7.64. The van der Waals surface area contributed by atoms with Crippen LogP contribution >= 0.6 is 22.7 Å². The van der Waals surface area contributed by atoms with Gasteiger partial charge in [0, 0.05) is 11.8 Å². The smallest absolute Gasteiger partial charge is 0.263 e. The molecule has 0 aliphatic rings. The molecule has 3 aromatic rings. The average Bonchev–Trinajstić information content (AvgIpc) is 3.22. The molecule has 1 amide bonds. The summed E-state index contributed by atoms with van der Waals surface area (Å²) in [7, 11) is -3.85. The number of aryl methyl sites for hydroxylation is 2. The van der Waals surface area contributed by atoms with Gasteiger partial charge in [-0.2, -0.15) is 0 Å². The molecule has 0 saturated carbocycles. The second-order valence-electron chi connectivity index (χ2n) is 5.38. The van der Waals surface area contributed by atoms with Gasteiger partial charge in [-0.25, -0.2) is 17.8 Å². The van der Waals surface area contributed by atoms with E-state index in [0.29, 0.717) is 17.2 Å². The Morgan fingerprint density at radius 3 is 2.59 bits per heavy atom. The number of nitrogens with one attached hydrogen (secondary N) is 2. The van der Waals surface area contributed by atoms with E-state index >= 15 is 0 Å². The van der Waals surface area contributed by atoms with Crippen LogP contribution < -0.4 is 10.0 Å². The maximum absolute atomic E-state index is 12.9. The topological polar surface area (TPSA) is 114 Å². The summed E-state index contributed by atoms with van der Waals surface area (Å²) in [4.78, 5) is 16.0. The monoisotopic (exact) mass is 427 g/mol. The third-order valence-corrected chi connectivity index (χ3v) is 6.32. The van der Waals surface area contributed by atoms with Crippen molar-refractivity contribution in [3.63, 3.8) is 0 Å². The summed E-state index contributed by atoms with van der Waals surface area (Å²) < 4.78 is 39.8. The summed E-state index contributed by atoms with van der Waals surface area (Å²) in [6.07, 6.45) is 0.519. The van der Waals surface area contributed by atoms with E-state index in [-0.39, 0.29) is 22.4 Å². The number of thiazole rings is 1. The standard InChI is InChI=1S/C15H14FN5O3S3/c1-9-19-20-14(26-9)18-13(22)7-4-11-8-25-15(17-11)21-27(23,24)12-5-2-10(16)3-6-12/h2-3,5-6,8H,4,7H2,1H3,(H,17,21)(H,18,20,22). The normalized spacial score (nSPS) is 11.3. The van der Waals surface area contributed by atoms with E-state index in [9.17, 15) is 17.6 Å². The lowest BCUT2D eigenvalue weighted by Gasteiger charge is -2.04. The SMILES string of the molecule is Cc1nnc(NC(=O)CCc2csc(NS(=O)(=O)c3ccc(F)cc3)n2)s1. The summed E-state index contributed by atoms with van der Waals surface area (Å²) in [6.45, 7) is 1.79. The molecule has 0 fully saturated rings. The highest BCUT2D eigenvalue weighted by Crippen LogP contribution is 2.21. The zero-order chi connectivity index (χ0) is 19.4. The lowest BCUT2D eigenvalue weighted by Crippen LogP contribution is -2.13. The number of anilines is 2. The largest absolute Gasteiger partial charge is 0.301 e. The van der Waals surface area contributed by atoms with E-state index in [1.807, 2.05) is 0 Å². The van der Waals surface area contributed by atoms with Crippen LogP contribution in [0.2, 0.25) is 0 Å². The molecule has 2 aromatic heterocycles. The zero-order valence-electron chi connectivity index (χ0n) is 14.0. The highest BCUT2D eigenvalue weighted by atomic mass is 32.2. The summed E-state index contributed by atoms with van der Waals surface area (Å²) in [6, 6.07) is 4.48. The average molecular weight is 428 g/mol. The fourth-order valence-corrected chi connectivity index (χ4v) is 4.63. The van der Waals surface area contributed by atoms with E-state index in [2.05, 4.69) is 25.2 Å². The molecule has 1 aromatic carbocycles. The molecule has 0 aliphatic heterocycles. The fraction of sp³-hybridized carbons (Fsp3) is 0.200. The minimum Gasteiger partial charge on any atom is -0.301 e. The van der Waals surface area contributed by atoms with Crippen LogP contribution in [0.25, 0.3) is 0 Å². The van der Waals surface area contributed by atoms with Crippen molar-refractivity contribution in [2.75, 3.05) is 10.0 Å². The molecule has 142 valence electrons. The molecular formula is C15H14FN5O3S3. The molecule has 2 heterocycles. The van der Waals surface area contributed by atoms with Crippen LogP contribution in [0.15, 0.2) is 34.5 Å². The first-order valence-corrected chi connectivity index (χ1v) is 10.8. The number of hydrogen-bond acceptors (Lipinski definition) is 8. The highest BCUT2D eigenvalue weighted by molar-refractivity contribution is 7.93. The molecule has 8 nitrogen and oxygen atoms in total. The first-order chi connectivity index (χ1) is 12.8. The van der Waals surface area contributed by atoms with E-state index in [4.69, 9.17) is 0 Å². The molecule has 0 spiro atoms. The number of amides is 1. The second-order valence-corrected chi connectivity index (χ2v) is 9.10. The molecule has 0 bridgehead atoms. The second kappa shape index (κ2) is 8.06. The van der Waals surface area contributed by atoms with Crippen LogP contribution in [-0.4, -0.2) is 29.5 Å². The van der Waals surface area contributed by atoms with Crippen molar-refractivity contribution in [1.29, 1.82) is 0 Å². The Labute approximate surface area is 162 Å². The van der Waals surface area contributed by atoms with Gasteiger partial charge in [0.25, 0.3) is 10.0 Å². The van der Waals surface area contributed by atoms with E-state index in [1.54, 1.807) is 12.3 Å². The number of carbonyl (C=O) groups excluding carboxylic acids is 1. The molecule has 3 rings (SSSR count). The Morgan fingerprint density at radius 2 is 1.93 bits per heavy atom. The van der Waals surface area contributed by atoms with Gasteiger partial charge in [-0.3, -0.25) is 9.52 Å². The van der Waals surface area contributed by atoms with Crippen molar-refractivity contribution in [1.82, 2.24) is 15.2 Å². The number of aromatic nitrogens is 3. The zero-order valence-corrected chi connectivity index (χ0v) is 16.4. The van der Waals surface area contributed by atoms with Crippen molar-refractivity contribution >= 4 is 48.9 Å². The Bertz CT molecular complexity index is 1050. The molecule has 12 heteroatoms. The van der Waals surface area contributed by atoms with E-state index in [1.165, 1.54) is 23.5 Å². The molecule has 0 atom stereocenters. The minimum atomic E-state index is -3.85. The van der Waals surface area contributed by atoms with Crippen molar-refractivity contribution in [2.45, 2.75) is 24.7 Å². The maximum atomic E-state index is 12.9. The lowest BCUT2D eigenvalue weighted by molar-refractivity contribution is -0.116. The van der Waals surface area contributed by atoms with Crippen LogP contribution in [0.5, 0.6) is 0 Å². The molecule has 0 radical (unpaired) electrons. The highest BCUT2D eigenvalue weighted by Gasteiger charge is 2.16. The number of halogens is 1. The Balaban J connectivity index is 1.56. The van der Waals surface area contributed by atoms with Crippen molar-refractivity contribution < 1.29 is 17.6 Å². The Morgan fingerprint density at radius 1 is 1.19 bits per heavy atom. The number of hydrogen-bond donors (Lipinski definition) is 2. The predicted molar refractivity (Wildman–Crippen MR) is 101 cm³/mol. The molecule has 27 heavy (non-hydrogen) atoms. The van der Waals surface area contributed by atoms with Gasteiger partial charge >= 0.3 is 0 Å². The van der Waals surface area contributed by atoms with Crippen molar-refractivity contribution in [3.8, 4) is 0 Å². The number of carbonyl (C=O) groups is 1.